The Morgan fingerprint density at radius 3 is 2.61 bits per heavy atom. The number of hydrogen-bond acceptors (Lipinski definition) is 5. The summed E-state index contributed by atoms with van der Waals surface area (Å²) in [6.07, 6.45) is 3.80. The molecule has 2 bridgehead atoms. The number of aromatic nitrogens is 3. The average Bonchev–Trinajstić information content (AvgIpc) is 3.11. The fourth-order valence-electron chi connectivity index (χ4n) is 4.96. The predicted molar refractivity (Wildman–Crippen MR) is 120 cm³/mol. The zero-order valence-corrected chi connectivity index (χ0v) is 17.3. The molecule has 0 amide bonds. The first-order valence-electron chi connectivity index (χ1n) is 10.4. The van der Waals surface area contributed by atoms with Crippen LogP contribution in [0.2, 0.25) is 5.02 Å². The van der Waals surface area contributed by atoms with Crippen molar-refractivity contribution in [2.45, 2.75) is 24.9 Å². The molecule has 2 aliphatic heterocycles. The Morgan fingerprint density at radius 2 is 1.84 bits per heavy atom. The third-order valence-corrected chi connectivity index (χ3v) is 6.64. The molecule has 156 valence electrons. The number of halogens is 2. The lowest BCUT2D eigenvalue weighted by atomic mass is 10.0. The van der Waals surface area contributed by atoms with Crippen LogP contribution in [-0.2, 0) is 0 Å². The first-order valence-corrected chi connectivity index (χ1v) is 10.7. The van der Waals surface area contributed by atoms with Crippen molar-refractivity contribution in [3.05, 3.63) is 63.9 Å². The Balaban J connectivity index is 1.56. The lowest BCUT2D eigenvalue weighted by Gasteiger charge is -2.34. The van der Waals surface area contributed by atoms with Gasteiger partial charge in [-0.25, -0.2) is 9.18 Å². The quantitative estimate of drug-likeness (QED) is 0.500. The zero-order valence-electron chi connectivity index (χ0n) is 16.5. The molecule has 2 unspecified atom stereocenters. The molecule has 2 fully saturated rings. The maximum Gasteiger partial charge on any atom is 0.347 e. The molecule has 2 N–H and O–H groups in total. The average molecular weight is 436 g/mol. The molecule has 8 heteroatoms. The lowest BCUT2D eigenvalue weighted by molar-refractivity contribution is 0.464. The van der Waals surface area contributed by atoms with Crippen molar-refractivity contribution in [3.8, 4) is 11.3 Å². The number of aromatic amines is 1. The minimum Gasteiger partial charge on any atom is -0.353 e. The van der Waals surface area contributed by atoms with Gasteiger partial charge in [0.25, 0.3) is 0 Å². The van der Waals surface area contributed by atoms with Crippen molar-refractivity contribution in [3.63, 3.8) is 0 Å². The van der Waals surface area contributed by atoms with E-state index < -0.39 is 11.5 Å². The smallest absolute Gasteiger partial charge is 0.347 e. The Morgan fingerprint density at radius 1 is 1.10 bits per heavy atom. The van der Waals surface area contributed by atoms with E-state index in [1.807, 2.05) is 24.3 Å². The van der Waals surface area contributed by atoms with Crippen LogP contribution in [0.5, 0.6) is 0 Å². The first-order chi connectivity index (χ1) is 15.1. The predicted octanol–water partition coefficient (Wildman–Crippen LogP) is 3.87. The van der Waals surface area contributed by atoms with Gasteiger partial charge in [-0.2, -0.15) is 4.98 Å². The SMILES string of the molecule is O=c1nc(N2CC3CCC(C2)N3)c2cnc(-c3cccc4cccc(Cl)c34)c(F)c2[nH]1. The van der Waals surface area contributed by atoms with Gasteiger partial charge < -0.3 is 15.2 Å². The molecule has 6 rings (SSSR count). The normalized spacial score (nSPS) is 20.6. The summed E-state index contributed by atoms with van der Waals surface area (Å²) in [5, 5.41) is 6.21. The highest BCUT2D eigenvalue weighted by Crippen LogP contribution is 2.36. The summed E-state index contributed by atoms with van der Waals surface area (Å²) in [7, 11) is 0. The van der Waals surface area contributed by atoms with Crippen molar-refractivity contribution in [1.29, 1.82) is 0 Å². The molecule has 0 aliphatic carbocycles. The monoisotopic (exact) mass is 435 g/mol. The number of pyridine rings is 1. The Bertz CT molecular complexity index is 1390. The van der Waals surface area contributed by atoms with Crippen molar-refractivity contribution in [1.82, 2.24) is 20.3 Å². The van der Waals surface area contributed by atoms with Gasteiger partial charge in [-0.3, -0.25) is 4.98 Å². The number of piperazine rings is 1. The van der Waals surface area contributed by atoms with Gasteiger partial charge in [-0.15, -0.1) is 0 Å². The molecule has 0 spiro atoms. The van der Waals surface area contributed by atoms with Crippen LogP contribution in [0.25, 0.3) is 32.9 Å². The van der Waals surface area contributed by atoms with E-state index in [0.29, 0.717) is 33.9 Å². The molecule has 2 atom stereocenters. The second kappa shape index (κ2) is 7.00. The Kier molecular flexibility index (Phi) is 4.23. The Hall–Kier alpha value is -3.03. The van der Waals surface area contributed by atoms with Crippen LogP contribution >= 0.6 is 11.6 Å². The fourth-order valence-corrected chi connectivity index (χ4v) is 5.24. The molecule has 4 heterocycles. The van der Waals surface area contributed by atoms with E-state index in [9.17, 15) is 4.79 Å². The molecule has 2 aromatic heterocycles. The van der Waals surface area contributed by atoms with Gasteiger partial charge in [0, 0.05) is 47.3 Å². The van der Waals surface area contributed by atoms with Crippen molar-refractivity contribution in [2.75, 3.05) is 18.0 Å². The molecule has 6 nitrogen and oxygen atoms in total. The maximum atomic E-state index is 15.8. The third-order valence-electron chi connectivity index (χ3n) is 6.32. The third kappa shape index (κ3) is 2.99. The molecule has 31 heavy (non-hydrogen) atoms. The van der Waals surface area contributed by atoms with E-state index in [-0.39, 0.29) is 11.2 Å². The number of fused-ring (bicyclic) bond motifs is 4. The van der Waals surface area contributed by atoms with Crippen LogP contribution < -0.4 is 15.9 Å². The van der Waals surface area contributed by atoms with Crippen LogP contribution in [0.1, 0.15) is 12.8 Å². The van der Waals surface area contributed by atoms with Gasteiger partial charge in [0.2, 0.25) is 0 Å². The number of nitrogens with one attached hydrogen (secondary N) is 2. The van der Waals surface area contributed by atoms with Crippen molar-refractivity contribution < 1.29 is 4.39 Å². The number of anilines is 1. The van der Waals surface area contributed by atoms with E-state index in [1.165, 1.54) is 0 Å². The highest BCUT2D eigenvalue weighted by atomic mass is 35.5. The highest BCUT2D eigenvalue weighted by Gasteiger charge is 2.33. The molecule has 2 saturated heterocycles. The van der Waals surface area contributed by atoms with Gasteiger partial charge in [0.05, 0.1) is 10.9 Å². The van der Waals surface area contributed by atoms with E-state index in [1.54, 1.807) is 18.3 Å². The minimum atomic E-state index is -0.580. The first kappa shape index (κ1) is 18.7. The summed E-state index contributed by atoms with van der Waals surface area (Å²) >= 11 is 6.44. The van der Waals surface area contributed by atoms with Gasteiger partial charge >= 0.3 is 5.69 Å². The van der Waals surface area contributed by atoms with Gasteiger partial charge in [0.1, 0.15) is 11.5 Å². The van der Waals surface area contributed by atoms with Crippen LogP contribution in [0, 0.1) is 5.82 Å². The number of rotatable bonds is 2. The van der Waals surface area contributed by atoms with Crippen LogP contribution in [0.3, 0.4) is 0 Å². The molecular weight excluding hydrogens is 417 g/mol. The molecule has 4 aromatic rings. The molecule has 0 radical (unpaired) electrons. The van der Waals surface area contributed by atoms with E-state index in [2.05, 4.69) is 25.2 Å². The number of H-pyrrole nitrogens is 1. The standard InChI is InChI=1S/C23H19ClFN5O/c24-17-6-2-4-12-3-1-5-15(18(12)17)20-19(25)21-16(9-26-20)22(29-23(31)28-21)30-10-13-7-8-14(11-30)27-13/h1-6,9,13-14,27H,7-8,10-11H2,(H,28,29,31). The summed E-state index contributed by atoms with van der Waals surface area (Å²) in [4.78, 5) is 25.7. The van der Waals surface area contributed by atoms with Gasteiger partial charge in [0.15, 0.2) is 5.82 Å². The lowest BCUT2D eigenvalue weighted by Crippen LogP contribution is -2.51. The summed E-state index contributed by atoms with van der Waals surface area (Å²) < 4.78 is 15.8. The largest absolute Gasteiger partial charge is 0.353 e. The summed E-state index contributed by atoms with van der Waals surface area (Å²) in [6.45, 7) is 1.48. The fraction of sp³-hybridized carbons (Fsp3) is 0.261. The summed E-state index contributed by atoms with van der Waals surface area (Å²) in [5.74, 6) is -0.0881. The molecular formula is C23H19ClFN5O. The van der Waals surface area contributed by atoms with Crippen molar-refractivity contribution in [2.24, 2.45) is 0 Å². The second-order valence-electron chi connectivity index (χ2n) is 8.26. The van der Waals surface area contributed by atoms with Gasteiger partial charge in [-0.1, -0.05) is 41.9 Å². The van der Waals surface area contributed by atoms with Crippen molar-refractivity contribution >= 4 is 39.1 Å². The number of benzene rings is 2. The molecule has 0 saturated carbocycles. The van der Waals surface area contributed by atoms with Crippen LogP contribution in [0.4, 0.5) is 10.2 Å². The summed E-state index contributed by atoms with van der Waals surface area (Å²) in [5.41, 5.74) is 0.289. The van der Waals surface area contributed by atoms with E-state index >= 15 is 4.39 Å². The highest BCUT2D eigenvalue weighted by molar-refractivity contribution is 6.36. The van der Waals surface area contributed by atoms with Crippen LogP contribution in [-0.4, -0.2) is 40.1 Å². The van der Waals surface area contributed by atoms with E-state index in [0.717, 1.165) is 36.7 Å². The summed E-state index contributed by atoms with van der Waals surface area (Å²) in [6, 6.07) is 11.8. The second-order valence-corrected chi connectivity index (χ2v) is 8.67. The molecule has 2 aromatic carbocycles. The van der Waals surface area contributed by atoms with Crippen LogP contribution in [0.15, 0.2) is 47.4 Å². The number of hydrogen-bond donors (Lipinski definition) is 2. The zero-order chi connectivity index (χ0) is 21.1. The topological polar surface area (TPSA) is 73.9 Å². The molecule has 2 aliphatic rings. The maximum absolute atomic E-state index is 15.8. The minimum absolute atomic E-state index is 0.120. The van der Waals surface area contributed by atoms with Gasteiger partial charge in [-0.05, 0) is 24.3 Å². The van der Waals surface area contributed by atoms with E-state index in [4.69, 9.17) is 11.6 Å². The Labute approximate surface area is 182 Å². The number of nitrogens with zero attached hydrogens (tertiary/aromatic N) is 3.